The van der Waals surface area contributed by atoms with Crippen LogP contribution in [0, 0.1) is 5.92 Å². The highest BCUT2D eigenvalue weighted by Gasteiger charge is 1.98. The van der Waals surface area contributed by atoms with Gasteiger partial charge in [-0.15, -0.1) is 6.58 Å². The molecule has 1 aromatic rings. The molecule has 0 unspecified atom stereocenters. The van der Waals surface area contributed by atoms with Gasteiger partial charge < -0.3 is 10.1 Å². The molecule has 1 rings (SSSR count). The molecule has 0 radical (unpaired) electrons. The van der Waals surface area contributed by atoms with Gasteiger partial charge in [0, 0.05) is 6.54 Å². The number of nitrogens with zero attached hydrogens (tertiary/aromatic N) is 1. The zero-order chi connectivity index (χ0) is 13.2. The zero-order valence-corrected chi connectivity index (χ0v) is 11.5. The van der Waals surface area contributed by atoms with Crippen molar-refractivity contribution in [2.75, 3.05) is 13.2 Å². The average Bonchev–Trinajstić information content (AvgIpc) is 2.36. The molecule has 3 nitrogen and oxygen atoms in total. The maximum Gasteiger partial charge on any atom is 0.137 e. The number of allylic oxidation sites excluding steroid dienone is 1. The first-order valence-electron chi connectivity index (χ1n) is 6.61. The predicted octanol–water partition coefficient (Wildman–Crippen LogP) is 3.17. The van der Waals surface area contributed by atoms with Crippen LogP contribution < -0.4 is 10.1 Å². The van der Waals surface area contributed by atoms with Gasteiger partial charge in [-0.3, -0.25) is 4.98 Å². The van der Waals surface area contributed by atoms with Crippen molar-refractivity contribution in [3.63, 3.8) is 0 Å². The number of hydrogen-bond donors (Lipinski definition) is 1. The lowest BCUT2D eigenvalue weighted by Gasteiger charge is -2.08. The van der Waals surface area contributed by atoms with E-state index in [1.54, 1.807) is 6.20 Å². The van der Waals surface area contributed by atoms with Gasteiger partial charge in [0.25, 0.3) is 0 Å². The van der Waals surface area contributed by atoms with Gasteiger partial charge in [0.15, 0.2) is 0 Å². The topological polar surface area (TPSA) is 34.1 Å². The third-order valence-corrected chi connectivity index (χ3v) is 2.48. The van der Waals surface area contributed by atoms with Crippen molar-refractivity contribution in [1.29, 1.82) is 0 Å². The number of nitrogens with one attached hydrogen (secondary N) is 1. The third kappa shape index (κ3) is 6.40. The van der Waals surface area contributed by atoms with Crippen molar-refractivity contribution in [3.8, 4) is 5.75 Å². The summed E-state index contributed by atoms with van der Waals surface area (Å²) >= 11 is 0. The van der Waals surface area contributed by atoms with Crippen molar-refractivity contribution in [2.45, 2.75) is 33.2 Å². The molecule has 0 fully saturated rings. The molecule has 0 amide bonds. The maximum atomic E-state index is 5.58. The molecule has 0 aliphatic heterocycles. The van der Waals surface area contributed by atoms with E-state index in [1.807, 2.05) is 18.2 Å². The van der Waals surface area contributed by atoms with Gasteiger partial charge in [0.2, 0.25) is 0 Å². The molecule has 0 aliphatic rings. The molecule has 18 heavy (non-hydrogen) atoms. The van der Waals surface area contributed by atoms with Crippen LogP contribution in [0.2, 0.25) is 0 Å². The van der Waals surface area contributed by atoms with Crippen LogP contribution in [0.5, 0.6) is 5.75 Å². The lowest BCUT2D eigenvalue weighted by Crippen LogP contribution is -2.19. The van der Waals surface area contributed by atoms with Crippen molar-refractivity contribution < 1.29 is 4.74 Å². The highest BCUT2D eigenvalue weighted by molar-refractivity contribution is 5.19. The van der Waals surface area contributed by atoms with Crippen molar-refractivity contribution >= 4 is 0 Å². The Hall–Kier alpha value is -1.35. The molecule has 100 valence electrons. The second-order valence-electron chi connectivity index (χ2n) is 4.79. The summed E-state index contributed by atoms with van der Waals surface area (Å²) < 4.78 is 5.58. The van der Waals surface area contributed by atoms with Crippen LogP contribution >= 0.6 is 0 Å². The highest BCUT2D eigenvalue weighted by Crippen LogP contribution is 2.09. The fourth-order valence-corrected chi connectivity index (χ4v) is 1.51. The molecule has 0 spiro atoms. The van der Waals surface area contributed by atoms with Crippen LogP contribution in [0.4, 0.5) is 0 Å². The molecule has 1 aromatic heterocycles. The molecule has 0 aromatic carbocycles. The minimum atomic E-state index is 0.664. The fraction of sp³-hybridized carbons (Fsp3) is 0.533. The van der Waals surface area contributed by atoms with Crippen molar-refractivity contribution in [3.05, 3.63) is 36.7 Å². The summed E-state index contributed by atoms with van der Waals surface area (Å²) in [5, 5.41) is 3.37. The minimum Gasteiger partial charge on any atom is -0.492 e. The summed E-state index contributed by atoms with van der Waals surface area (Å²) in [6, 6.07) is 3.99. The van der Waals surface area contributed by atoms with Gasteiger partial charge in [-0.2, -0.15) is 0 Å². The molecule has 0 aliphatic carbocycles. The van der Waals surface area contributed by atoms with E-state index in [-0.39, 0.29) is 0 Å². The zero-order valence-electron chi connectivity index (χ0n) is 11.5. The van der Waals surface area contributed by atoms with E-state index >= 15 is 0 Å². The first-order valence-corrected chi connectivity index (χ1v) is 6.61. The number of hydrogen-bond acceptors (Lipinski definition) is 3. The van der Waals surface area contributed by atoms with Gasteiger partial charge in [0.1, 0.15) is 5.75 Å². The van der Waals surface area contributed by atoms with Gasteiger partial charge >= 0.3 is 0 Å². The van der Waals surface area contributed by atoms with Crippen LogP contribution in [0.25, 0.3) is 0 Å². The molecular formula is C15H24N2O. The van der Waals surface area contributed by atoms with E-state index < -0.39 is 0 Å². The van der Waals surface area contributed by atoms with Gasteiger partial charge in [0.05, 0.1) is 18.5 Å². The van der Waals surface area contributed by atoms with E-state index in [0.29, 0.717) is 5.92 Å². The number of ether oxygens (including phenoxy) is 1. The van der Waals surface area contributed by atoms with Crippen LogP contribution in [0.3, 0.4) is 0 Å². The average molecular weight is 248 g/mol. The molecule has 1 heterocycles. The quantitative estimate of drug-likeness (QED) is 0.538. The second-order valence-corrected chi connectivity index (χ2v) is 4.79. The van der Waals surface area contributed by atoms with E-state index in [2.05, 4.69) is 30.7 Å². The summed E-state index contributed by atoms with van der Waals surface area (Å²) in [5.74, 6) is 1.50. The lowest BCUT2D eigenvalue weighted by molar-refractivity contribution is 0.310. The Morgan fingerprint density at radius 1 is 1.44 bits per heavy atom. The first kappa shape index (κ1) is 14.7. The SMILES string of the molecule is C=CCCCOc1ccc(CNCC(C)C)nc1. The Morgan fingerprint density at radius 2 is 2.28 bits per heavy atom. The Morgan fingerprint density at radius 3 is 2.89 bits per heavy atom. The van der Waals surface area contributed by atoms with E-state index in [9.17, 15) is 0 Å². The molecule has 1 N–H and O–H groups in total. The number of unbranched alkanes of at least 4 members (excludes halogenated alkanes) is 1. The highest BCUT2D eigenvalue weighted by atomic mass is 16.5. The largest absolute Gasteiger partial charge is 0.492 e. The predicted molar refractivity (Wildman–Crippen MR) is 75.7 cm³/mol. The maximum absolute atomic E-state index is 5.58. The Kier molecular flexibility index (Phi) is 7.11. The van der Waals surface area contributed by atoms with Gasteiger partial charge in [-0.1, -0.05) is 19.9 Å². The van der Waals surface area contributed by atoms with Gasteiger partial charge in [-0.25, -0.2) is 0 Å². The first-order chi connectivity index (χ1) is 8.72. The van der Waals surface area contributed by atoms with E-state index in [1.165, 1.54) is 0 Å². The summed E-state index contributed by atoms with van der Waals surface area (Å²) in [6.07, 6.45) is 5.69. The normalized spacial score (nSPS) is 10.6. The standard InChI is InChI=1S/C15H24N2O/c1-4-5-6-9-18-15-8-7-14(17-12-15)11-16-10-13(2)3/h4,7-8,12-13,16H,1,5-6,9-11H2,2-3H3. The Labute approximate surface area is 110 Å². The second kappa shape index (κ2) is 8.70. The number of aromatic nitrogens is 1. The van der Waals surface area contributed by atoms with Crippen LogP contribution in [-0.4, -0.2) is 18.1 Å². The van der Waals surface area contributed by atoms with Crippen molar-refractivity contribution in [2.24, 2.45) is 5.92 Å². The summed E-state index contributed by atoms with van der Waals surface area (Å²) in [7, 11) is 0. The molecule has 0 bridgehead atoms. The minimum absolute atomic E-state index is 0.664. The lowest BCUT2D eigenvalue weighted by atomic mass is 10.2. The third-order valence-electron chi connectivity index (χ3n) is 2.48. The van der Waals surface area contributed by atoms with Crippen LogP contribution in [0.15, 0.2) is 31.0 Å². The summed E-state index contributed by atoms with van der Waals surface area (Å²) in [5.41, 5.74) is 1.05. The van der Waals surface area contributed by atoms with Gasteiger partial charge in [-0.05, 0) is 37.4 Å². The molecule has 0 atom stereocenters. The van der Waals surface area contributed by atoms with E-state index in [4.69, 9.17) is 4.74 Å². The van der Waals surface area contributed by atoms with Crippen LogP contribution in [0.1, 0.15) is 32.4 Å². The van der Waals surface area contributed by atoms with Crippen LogP contribution in [-0.2, 0) is 6.54 Å². The van der Waals surface area contributed by atoms with Crippen molar-refractivity contribution in [1.82, 2.24) is 10.3 Å². The number of rotatable bonds is 9. The Bertz CT molecular complexity index is 333. The monoisotopic (exact) mass is 248 g/mol. The number of pyridine rings is 1. The Balaban J connectivity index is 2.26. The summed E-state index contributed by atoms with van der Waals surface area (Å²) in [6.45, 7) is 10.6. The molecule has 3 heteroatoms. The van der Waals surface area contributed by atoms with E-state index in [0.717, 1.165) is 44.0 Å². The molecule has 0 saturated heterocycles. The fourth-order valence-electron chi connectivity index (χ4n) is 1.51. The summed E-state index contributed by atoms with van der Waals surface area (Å²) in [4.78, 5) is 4.37. The molecular weight excluding hydrogens is 224 g/mol. The smallest absolute Gasteiger partial charge is 0.137 e. The molecule has 0 saturated carbocycles.